The molecule has 0 aliphatic carbocycles. The highest BCUT2D eigenvalue weighted by atomic mass is 79.9. The van der Waals surface area contributed by atoms with Gasteiger partial charge in [-0.15, -0.1) is 0 Å². The number of nitrogens with one attached hydrogen (secondary N) is 1. The van der Waals surface area contributed by atoms with Gasteiger partial charge in [0, 0.05) is 11.5 Å². The minimum atomic E-state index is -0.115. The van der Waals surface area contributed by atoms with Gasteiger partial charge in [0.1, 0.15) is 16.0 Å². The van der Waals surface area contributed by atoms with Crippen LogP contribution in [0.15, 0.2) is 33.5 Å². The number of para-hydroxylation sites is 1. The maximum Gasteiger partial charge on any atom is 0.265 e. The molecule has 0 saturated carbocycles. The Kier molecular flexibility index (Phi) is 3.61. The zero-order valence-corrected chi connectivity index (χ0v) is 12.7. The second-order valence-corrected chi connectivity index (χ2v) is 5.59. The molecule has 1 N–H and O–H groups in total. The zero-order chi connectivity index (χ0) is 14.1. The molecule has 0 fully saturated rings. The number of aromatic amines is 1. The van der Waals surface area contributed by atoms with Gasteiger partial charge in [0.25, 0.3) is 5.56 Å². The molecule has 20 heavy (non-hydrogen) atoms. The Hall–Kier alpha value is -1.62. The highest BCUT2D eigenvalue weighted by Crippen LogP contribution is 2.36. The van der Waals surface area contributed by atoms with Gasteiger partial charge in [-0.05, 0) is 34.8 Å². The van der Waals surface area contributed by atoms with Crippen molar-refractivity contribution in [2.75, 3.05) is 6.61 Å². The number of hydrogen-bond acceptors (Lipinski definition) is 3. The fourth-order valence-electron chi connectivity index (χ4n) is 2.55. The van der Waals surface area contributed by atoms with Crippen molar-refractivity contribution in [3.63, 3.8) is 0 Å². The van der Waals surface area contributed by atoms with Gasteiger partial charge in [-0.25, -0.2) is 4.98 Å². The summed E-state index contributed by atoms with van der Waals surface area (Å²) in [6.07, 6.45) is 1.55. The highest BCUT2D eigenvalue weighted by Gasteiger charge is 2.25. The molecule has 2 heterocycles. The highest BCUT2D eigenvalue weighted by molar-refractivity contribution is 9.10. The van der Waals surface area contributed by atoms with Crippen molar-refractivity contribution >= 4 is 15.9 Å². The molecule has 104 valence electrons. The first-order valence-electron chi connectivity index (χ1n) is 6.71. The smallest absolute Gasteiger partial charge is 0.265 e. The number of fused-ring (bicyclic) bond motifs is 1. The van der Waals surface area contributed by atoms with E-state index >= 15 is 0 Å². The van der Waals surface area contributed by atoms with E-state index in [4.69, 9.17) is 4.74 Å². The molecule has 1 aliphatic heterocycles. The number of ether oxygens (including phenoxy) is 1. The average molecular weight is 335 g/mol. The van der Waals surface area contributed by atoms with Crippen molar-refractivity contribution in [1.82, 2.24) is 9.97 Å². The number of hydrogen-bond donors (Lipinski definition) is 1. The van der Waals surface area contributed by atoms with Crippen molar-refractivity contribution < 1.29 is 4.74 Å². The summed E-state index contributed by atoms with van der Waals surface area (Å²) in [5, 5.41) is 0. The molecule has 1 unspecified atom stereocenters. The molecule has 0 spiro atoms. The van der Waals surface area contributed by atoms with Crippen LogP contribution in [-0.2, 0) is 6.42 Å². The first-order valence-corrected chi connectivity index (χ1v) is 7.50. The third-order valence-electron chi connectivity index (χ3n) is 3.57. The summed E-state index contributed by atoms with van der Waals surface area (Å²) >= 11 is 3.30. The molecule has 5 heteroatoms. The van der Waals surface area contributed by atoms with Gasteiger partial charge in [-0.2, -0.15) is 0 Å². The predicted octanol–water partition coefficient (Wildman–Crippen LogP) is 3.01. The number of halogens is 1. The van der Waals surface area contributed by atoms with Crippen LogP contribution in [0.5, 0.6) is 5.75 Å². The summed E-state index contributed by atoms with van der Waals surface area (Å²) < 4.78 is 6.19. The number of aromatic nitrogens is 2. The predicted molar refractivity (Wildman–Crippen MR) is 80.3 cm³/mol. The first-order chi connectivity index (χ1) is 9.70. The third kappa shape index (κ3) is 2.26. The zero-order valence-electron chi connectivity index (χ0n) is 11.1. The second-order valence-electron chi connectivity index (χ2n) is 4.79. The van der Waals surface area contributed by atoms with E-state index < -0.39 is 0 Å². The monoisotopic (exact) mass is 334 g/mol. The third-order valence-corrected chi connectivity index (χ3v) is 4.39. The lowest BCUT2D eigenvalue weighted by Crippen LogP contribution is -2.22. The maximum absolute atomic E-state index is 12.0. The Morgan fingerprint density at radius 3 is 3.05 bits per heavy atom. The summed E-state index contributed by atoms with van der Waals surface area (Å²) in [4.78, 5) is 19.5. The number of rotatable bonds is 2. The molecule has 2 aromatic rings. The first kappa shape index (κ1) is 13.4. The van der Waals surface area contributed by atoms with E-state index in [0.717, 1.165) is 35.7 Å². The summed E-state index contributed by atoms with van der Waals surface area (Å²) in [5.41, 5.74) is 1.77. The van der Waals surface area contributed by atoms with Gasteiger partial charge in [-0.3, -0.25) is 4.79 Å². The minimum absolute atomic E-state index is 0.0889. The molecular weight excluding hydrogens is 320 g/mol. The van der Waals surface area contributed by atoms with Gasteiger partial charge in [0.15, 0.2) is 0 Å². The van der Waals surface area contributed by atoms with Gasteiger partial charge in [0.05, 0.1) is 12.3 Å². The molecule has 1 atom stereocenters. The second kappa shape index (κ2) is 5.40. The minimum Gasteiger partial charge on any atom is -0.493 e. The number of benzene rings is 1. The van der Waals surface area contributed by atoms with Crippen molar-refractivity contribution in [3.8, 4) is 5.75 Å². The van der Waals surface area contributed by atoms with Crippen molar-refractivity contribution in [1.29, 1.82) is 0 Å². The molecule has 1 aromatic heterocycles. The number of H-pyrrole nitrogens is 1. The molecule has 0 radical (unpaired) electrons. The van der Waals surface area contributed by atoms with Crippen molar-refractivity contribution in [2.45, 2.75) is 25.7 Å². The van der Waals surface area contributed by atoms with E-state index in [1.54, 1.807) is 0 Å². The Morgan fingerprint density at radius 2 is 2.25 bits per heavy atom. The molecule has 4 nitrogen and oxygen atoms in total. The SMILES string of the molecule is CCc1nc(C2CCOc3ccccc32)[nH]c(=O)c1Br. The van der Waals surface area contributed by atoms with Gasteiger partial charge < -0.3 is 9.72 Å². The van der Waals surface area contributed by atoms with E-state index in [9.17, 15) is 4.79 Å². The summed E-state index contributed by atoms with van der Waals surface area (Å²) in [5.74, 6) is 1.70. The van der Waals surface area contributed by atoms with E-state index in [1.807, 2.05) is 31.2 Å². The lowest BCUT2D eigenvalue weighted by atomic mass is 9.92. The summed E-state index contributed by atoms with van der Waals surface area (Å²) in [7, 11) is 0. The average Bonchev–Trinajstić information content (AvgIpc) is 2.49. The molecule has 1 aliphatic rings. The lowest BCUT2D eigenvalue weighted by molar-refractivity contribution is 0.274. The van der Waals surface area contributed by atoms with Gasteiger partial charge >= 0.3 is 0 Å². The Morgan fingerprint density at radius 1 is 1.45 bits per heavy atom. The number of aryl methyl sites for hydroxylation is 1. The van der Waals surface area contributed by atoms with Crippen molar-refractivity contribution in [3.05, 3.63) is 56.2 Å². The molecular formula is C15H15BrN2O2. The Balaban J connectivity index is 2.11. The van der Waals surface area contributed by atoms with Crippen LogP contribution >= 0.6 is 15.9 Å². The van der Waals surface area contributed by atoms with E-state index in [-0.39, 0.29) is 11.5 Å². The van der Waals surface area contributed by atoms with Crippen molar-refractivity contribution in [2.24, 2.45) is 0 Å². The van der Waals surface area contributed by atoms with E-state index in [1.165, 1.54) is 0 Å². The maximum atomic E-state index is 12.0. The number of nitrogens with zero attached hydrogens (tertiary/aromatic N) is 1. The topological polar surface area (TPSA) is 55.0 Å². The fourth-order valence-corrected chi connectivity index (χ4v) is 3.02. The van der Waals surface area contributed by atoms with E-state index in [0.29, 0.717) is 11.1 Å². The van der Waals surface area contributed by atoms with Crippen LogP contribution in [0.2, 0.25) is 0 Å². The molecule has 0 bridgehead atoms. The van der Waals surface area contributed by atoms with Gasteiger partial charge in [0.2, 0.25) is 0 Å². The standard InChI is InChI=1S/C15H15BrN2O2/c1-2-11-13(16)15(19)18-14(17-11)10-7-8-20-12-6-4-3-5-9(10)12/h3-6,10H,2,7-8H2,1H3,(H,17,18,19). The summed E-state index contributed by atoms with van der Waals surface area (Å²) in [6, 6.07) is 7.93. The largest absolute Gasteiger partial charge is 0.493 e. The van der Waals surface area contributed by atoms with Crippen LogP contribution in [0.4, 0.5) is 0 Å². The molecule has 3 rings (SSSR count). The van der Waals surface area contributed by atoms with Crippen LogP contribution in [0.1, 0.15) is 36.3 Å². The quantitative estimate of drug-likeness (QED) is 0.918. The van der Waals surface area contributed by atoms with Crippen LogP contribution < -0.4 is 10.3 Å². The lowest BCUT2D eigenvalue weighted by Gasteiger charge is -2.25. The molecule has 0 amide bonds. The Bertz CT molecular complexity index is 697. The van der Waals surface area contributed by atoms with Crippen LogP contribution in [-0.4, -0.2) is 16.6 Å². The van der Waals surface area contributed by atoms with Crippen LogP contribution in [0.3, 0.4) is 0 Å². The van der Waals surface area contributed by atoms with Crippen LogP contribution in [0.25, 0.3) is 0 Å². The molecule has 0 saturated heterocycles. The molecule has 1 aromatic carbocycles. The van der Waals surface area contributed by atoms with Crippen LogP contribution in [0, 0.1) is 0 Å². The summed E-state index contributed by atoms with van der Waals surface area (Å²) in [6.45, 7) is 2.64. The normalized spacial score (nSPS) is 17.4. The van der Waals surface area contributed by atoms with E-state index in [2.05, 4.69) is 25.9 Å². The van der Waals surface area contributed by atoms with Gasteiger partial charge in [-0.1, -0.05) is 25.1 Å². The Labute approximate surface area is 125 Å². The fraction of sp³-hybridized carbons (Fsp3) is 0.333.